The molecule has 0 bridgehead atoms. The highest BCUT2D eigenvalue weighted by molar-refractivity contribution is 5.91. The summed E-state index contributed by atoms with van der Waals surface area (Å²) >= 11 is 0. The Morgan fingerprint density at radius 2 is 2.03 bits per heavy atom. The van der Waals surface area contributed by atoms with Crippen LogP contribution in [-0.2, 0) is 33.3 Å². The molecule has 3 aliphatic heterocycles. The van der Waals surface area contributed by atoms with Crippen LogP contribution in [0, 0.1) is 5.92 Å². The van der Waals surface area contributed by atoms with Crippen LogP contribution in [0.5, 0.6) is 0 Å². The normalized spacial score (nSPS) is 42.0. The van der Waals surface area contributed by atoms with E-state index in [0.717, 1.165) is 6.26 Å². The third-order valence-corrected chi connectivity index (χ3v) is 5.21. The fraction of sp³-hybridized carbons (Fsp3) is 0.667. The van der Waals surface area contributed by atoms with Crippen molar-refractivity contribution in [1.29, 1.82) is 0 Å². The summed E-state index contributed by atoms with van der Waals surface area (Å²) in [6.45, 7) is 4.42. The van der Waals surface area contributed by atoms with Crippen LogP contribution in [0.4, 0.5) is 0 Å². The first kappa shape index (κ1) is 21.7. The van der Waals surface area contributed by atoms with Gasteiger partial charge in [-0.25, -0.2) is 4.79 Å². The van der Waals surface area contributed by atoms with Crippen LogP contribution in [0.25, 0.3) is 0 Å². The van der Waals surface area contributed by atoms with Crippen LogP contribution < -0.4 is 0 Å². The van der Waals surface area contributed by atoms with E-state index >= 15 is 0 Å². The molecule has 29 heavy (non-hydrogen) atoms. The quantitative estimate of drug-likeness (QED) is 0.292. The number of rotatable bonds is 5. The van der Waals surface area contributed by atoms with E-state index in [2.05, 4.69) is 6.58 Å². The Kier molecular flexibility index (Phi) is 6.27. The highest BCUT2D eigenvalue weighted by atomic mass is 16.8. The molecule has 0 spiro atoms. The summed E-state index contributed by atoms with van der Waals surface area (Å²) < 4.78 is 26.2. The molecule has 3 aliphatic rings. The van der Waals surface area contributed by atoms with Gasteiger partial charge in [0.1, 0.15) is 42.2 Å². The number of hydrogen-bond acceptors (Lipinski definition) is 11. The maximum absolute atomic E-state index is 11.9. The van der Waals surface area contributed by atoms with Crippen molar-refractivity contribution in [1.82, 2.24) is 0 Å². The van der Waals surface area contributed by atoms with Crippen LogP contribution in [0.1, 0.15) is 13.3 Å². The second-order valence-corrected chi connectivity index (χ2v) is 7.06. The van der Waals surface area contributed by atoms with Crippen molar-refractivity contribution in [3.8, 4) is 0 Å². The summed E-state index contributed by atoms with van der Waals surface area (Å²) in [4.78, 5) is 22.9. The van der Waals surface area contributed by atoms with E-state index in [1.54, 1.807) is 0 Å². The van der Waals surface area contributed by atoms with Crippen molar-refractivity contribution in [3.63, 3.8) is 0 Å². The molecule has 0 aromatic heterocycles. The molecule has 162 valence electrons. The summed E-state index contributed by atoms with van der Waals surface area (Å²) in [6.07, 6.45) is -6.31. The lowest BCUT2D eigenvalue weighted by molar-refractivity contribution is -0.344. The molecule has 11 nitrogen and oxygen atoms in total. The van der Waals surface area contributed by atoms with E-state index in [1.807, 2.05) is 0 Å². The van der Waals surface area contributed by atoms with Crippen molar-refractivity contribution in [3.05, 3.63) is 24.5 Å². The molecule has 3 rings (SSSR count). The standard InChI is InChI=1S/C18H24O11/c1-3-9-16(27-6-10-15(23)25-5-4-18(9,10)24)29-17-14(22)13(21)12(20)11(28-17)7-26-8(2)19/h3,6,9,11-14,16-17,20-22,24H,1,4-5,7H2,2H3/t9-,11+,12+,13-,14+,16-,17-,18+/m0/s1. The lowest BCUT2D eigenvalue weighted by Crippen LogP contribution is -2.61. The molecule has 8 atom stereocenters. The van der Waals surface area contributed by atoms with Crippen LogP contribution in [0.3, 0.4) is 0 Å². The molecule has 0 saturated carbocycles. The van der Waals surface area contributed by atoms with Gasteiger partial charge in [-0.2, -0.15) is 0 Å². The maximum atomic E-state index is 11.9. The monoisotopic (exact) mass is 416 g/mol. The Morgan fingerprint density at radius 3 is 2.69 bits per heavy atom. The molecule has 0 radical (unpaired) electrons. The molecule has 0 unspecified atom stereocenters. The van der Waals surface area contributed by atoms with Gasteiger partial charge in [-0.05, 0) is 0 Å². The number of esters is 2. The zero-order valence-corrected chi connectivity index (χ0v) is 15.7. The Balaban J connectivity index is 1.77. The van der Waals surface area contributed by atoms with Crippen LogP contribution in [0.15, 0.2) is 24.5 Å². The Bertz CT molecular complexity index is 691. The minimum Gasteiger partial charge on any atom is -0.471 e. The fourth-order valence-electron chi connectivity index (χ4n) is 3.55. The van der Waals surface area contributed by atoms with Gasteiger partial charge in [0.25, 0.3) is 0 Å². The predicted molar refractivity (Wildman–Crippen MR) is 91.6 cm³/mol. The molecule has 4 N–H and O–H groups in total. The first-order valence-electron chi connectivity index (χ1n) is 9.05. The van der Waals surface area contributed by atoms with Gasteiger partial charge in [-0.1, -0.05) is 6.08 Å². The first-order chi connectivity index (χ1) is 13.7. The Hall–Kier alpha value is -2.02. The molecule has 0 aromatic rings. The molecular weight excluding hydrogens is 392 g/mol. The summed E-state index contributed by atoms with van der Waals surface area (Å²) in [7, 11) is 0. The number of aliphatic hydroxyl groups excluding tert-OH is 3. The lowest BCUT2D eigenvalue weighted by atomic mass is 9.76. The molecule has 2 saturated heterocycles. The van der Waals surface area contributed by atoms with Crippen molar-refractivity contribution in [2.45, 2.75) is 55.9 Å². The SMILES string of the molecule is C=C[C@H]1[C@H](O[C@@H]2O[C@H](COC(C)=O)[C@@H](O)[C@H](O)[C@H]2O)OC=C2C(=O)OCC[C@]21O. The fourth-order valence-corrected chi connectivity index (χ4v) is 3.55. The molecular formula is C18H24O11. The Morgan fingerprint density at radius 1 is 1.31 bits per heavy atom. The topological polar surface area (TPSA) is 161 Å². The maximum Gasteiger partial charge on any atom is 0.340 e. The minimum absolute atomic E-state index is 0.0122. The van der Waals surface area contributed by atoms with Crippen molar-refractivity contribution < 1.29 is 53.7 Å². The van der Waals surface area contributed by atoms with Gasteiger partial charge in [0.05, 0.1) is 18.8 Å². The van der Waals surface area contributed by atoms with Crippen LogP contribution in [-0.4, -0.2) is 88.2 Å². The van der Waals surface area contributed by atoms with Crippen LogP contribution in [0.2, 0.25) is 0 Å². The lowest BCUT2D eigenvalue weighted by Gasteiger charge is -2.46. The highest BCUT2D eigenvalue weighted by Crippen LogP contribution is 2.42. The van der Waals surface area contributed by atoms with Crippen molar-refractivity contribution in [2.75, 3.05) is 13.2 Å². The van der Waals surface area contributed by atoms with E-state index in [4.69, 9.17) is 23.7 Å². The summed E-state index contributed by atoms with van der Waals surface area (Å²) in [5, 5.41) is 41.4. The van der Waals surface area contributed by atoms with Gasteiger partial charge in [0, 0.05) is 13.3 Å². The molecule has 11 heteroatoms. The van der Waals surface area contributed by atoms with Crippen molar-refractivity contribution >= 4 is 11.9 Å². The van der Waals surface area contributed by atoms with Gasteiger partial charge >= 0.3 is 11.9 Å². The van der Waals surface area contributed by atoms with Gasteiger partial charge in [0.2, 0.25) is 6.29 Å². The zero-order valence-electron chi connectivity index (χ0n) is 15.7. The number of cyclic esters (lactones) is 1. The Labute approximate surface area is 166 Å². The van der Waals surface area contributed by atoms with E-state index in [0.29, 0.717) is 0 Å². The number of carbonyl (C=O) groups excluding carboxylic acids is 2. The van der Waals surface area contributed by atoms with E-state index in [1.165, 1.54) is 13.0 Å². The summed E-state index contributed by atoms with van der Waals surface area (Å²) in [6, 6.07) is 0. The third kappa shape index (κ3) is 4.02. The van der Waals surface area contributed by atoms with E-state index in [-0.39, 0.29) is 25.2 Å². The van der Waals surface area contributed by atoms with E-state index in [9.17, 15) is 30.0 Å². The third-order valence-electron chi connectivity index (χ3n) is 5.21. The number of hydrogen-bond donors (Lipinski definition) is 4. The minimum atomic E-state index is -1.66. The average molecular weight is 416 g/mol. The van der Waals surface area contributed by atoms with Gasteiger partial charge in [-0.15, -0.1) is 6.58 Å². The second-order valence-electron chi connectivity index (χ2n) is 7.06. The predicted octanol–water partition coefficient (Wildman–Crippen LogP) is -1.91. The first-order valence-corrected chi connectivity index (χ1v) is 9.05. The second kappa shape index (κ2) is 8.38. The van der Waals surface area contributed by atoms with E-state index < -0.39 is 60.5 Å². The molecule has 3 heterocycles. The molecule has 0 amide bonds. The molecule has 2 fully saturated rings. The number of ether oxygens (including phenoxy) is 5. The summed E-state index contributed by atoms with van der Waals surface area (Å²) in [5.41, 5.74) is -1.74. The van der Waals surface area contributed by atoms with Gasteiger partial charge in [0.15, 0.2) is 6.29 Å². The van der Waals surface area contributed by atoms with Crippen LogP contribution >= 0.6 is 0 Å². The molecule has 0 aromatic carbocycles. The number of aliphatic hydroxyl groups is 4. The van der Waals surface area contributed by atoms with Gasteiger partial charge in [-0.3, -0.25) is 4.79 Å². The largest absolute Gasteiger partial charge is 0.471 e. The smallest absolute Gasteiger partial charge is 0.340 e. The van der Waals surface area contributed by atoms with Crippen molar-refractivity contribution in [2.24, 2.45) is 5.92 Å². The highest BCUT2D eigenvalue weighted by Gasteiger charge is 2.54. The zero-order chi connectivity index (χ0) is 21.3. The molecule has 0 aliphatic carbocycles. The summed E-state index contributed by atoms with van der Waals surface area (Å²) in [5.74, 6) is -2.27. The number of carbonyl (C=O) groups is 2. The van der Waals surface area contributed by atoms with Gasteiger partial charge < -0.3 is 44.1 Å². The number of fused-ring (bicyclic) bond motifs is 1. The average Bonchev–Trinajstić information content (AvgIpc) is 2.67.